The van der Waals surface area contributed by atoms with Crippen LogP contribution in [0.1, 0.15) is 49.5 Å². The number of methoxy groups -OCH3 is 1. The van der Waals surface area contributed by atoms with Gasteiger partial charge in [-0.2, -0.15) is 0 Å². The maximum absolute atomic E-state index is 11.3. The van der Waals surface area contributed by atoms with Crippen LogP contribution in [-0.2, 0) is 4.74 Å². The third kappa shape index (κ3) is 2.53. The van der Waals surface area contributed by atoms with E-state index in [0.717, 1.165) is 6.42 Å². The van der Waals surface area contributed by atoms with Crippen LogP contribution in [-0.4, -0.2) is 30.3 Å². The topological polar surface area (TPSA) is 71.7 Å². The molecule has 5 heteroatoms. The number of furan rings is 1. The molecule has 0 spiro atoms. The van der Waals surface area contributed by atoms with Gasteiger partial charge < -0.3 is 19.6 Å². The molecule has 106 valence electrons. The van der Waals surface area contributed by atoms with Gasteiger partial charge in [0.15, 0.2) is 0 Å². The first-order chi connectivity index (χ1) is 8.86. The van der Waals surface area contributed by atoms with Crippen LogP contribution in [0.3, 0.4) is 0 Å². The Morgan fingerprint density at radius 3 is 2.79 bits per heavy atom. The lowest BCUT2D eigenvalue weighted by Gasteiger charge is -2.50. The highest BCUT2D eigenvalue weighted by molar-refractivity contribution is 5.86. The lowest BCUT2D eigenvalue weighted by Crippen LogP contribution is -2.60. The highest BCUT2D eigenvalue weighted by atomic mass is 16.5. The summed E-state index contributed by atoms with van der Waals surface area (Å²) in [5.41, 5.74) is -0.133. The van der Waals surface area contributed by atoms with E-state index in [4.69, 9.17) is 4.42 Å². The van der Waals surface area contributed by atoms with Gasteiger partial charge in [-0.25, -0.2) is 4.79 Å². The van der Waals surface area contributed by atoms with Crippen LogP contribution < -0.4 is 5.32 Å². The Hall–Kier alpha value is -1.33. The second-order valence-corrected chi connectivity index (χ2v) is 5.71. The number of aliphatic hydroxyl groups excluding tert-OH is 1. The average molecular weight is 267 g/mol. The van der Waals surface area contributed by atoms with Gasteiger partial charge in [0.2, 0.25) is 5.76 Å². The predicted molar refractivity (Wildman–Crippen MR) is 69.8 cm³/mol. The molecule has 2 N–H and O–H groups in total. The second kappa shape index (κ2) is 4.98. The van der Waals surface area contributed by atoms with Crippen molar-refractivity contribution in [3.8, 4) is 0 Å². The molecule has 1 fully saturated rings. The van der Waals surface area contributed by atoms with Crippen molar-refractivity contribution in [2.75, 3.05) is 7.11 Å². The van der Waals surface area contributed by atoms with Gasteiger partial charge in [-0.15, -0.1) is 0 Å². The summed E-state index contributed by atoms with van der Waals surface area (Å²) in [6.07, 6.45) is 0.474. The Labute approximate surface area is 112 Å². The van der Waals surface area contributed by atoms with Gasteiger partial charge in [0.25, 0.3) is 0 Å². The van der Waals surface area contributed by atoms with Crippen LogP contribution in [0.2, 0.25) is 0 Å². The summed E-state index contributed by atoms with van der Waals surface area (Å²) in [7, 11) is 1.32. The molecule has 1 heterocycles. The standard InChI is InChI=1S/C14H21NO4/c1-8(15-11-7-12(16)14(11,2)3)9-5-6-10(19-9)13(17)18-4/h5-6,8,11-12,15-16H,7H2,1-4H3. The lowest BCUT2D eigenvalue weighted by atomic mass is 9.64. The minimum atomic E-state index is -0.474. The molecular formula is C14H21NO4. The van der Waals surface area contributed by atoms with Crippen LogP contribution in [0.4, 0.5) is 0 Å². The molecule has 2 rings (SSSR count). The molecule has 3 unspecified atom stereocenters. The smallest absolute Gasteiger partial charge is 0.373 e. The molecule has 1 aliphatic carbocycles. The van der Waals surface area contributed by atoms with Crippen molar-refractivity contribution >= 4 is 5.97 Å². The Morgan fingerprint density at radius 2 is 2.26 bits per heavy atom. The minimum absolute atomic E-state index is 0.0184. The summed E-state index contributed by atoms with van der Waals surface area (Å²) in [4.78, 5) is 11.3. The van der Waals surface area contributed by atoms with E-state index in [0.29, 0.717) is 5.76 Å². The Morgan fingerprint density at radius 1 is 1.58 bits per heavy atom. The molecule has 0 aromatic carbocycles. The van der Waals surface area contributed by atoms with Crippen LogP contribution in [0, 0.1) is 5.41 Å². The van der Waals surface area contributed by atoms with E-state index in [1.807, 2.05) is 20.8 Å². The van der Waals surface area contributed by atoms with E-state index < -0.39 is 5.97 Å². The molecule has 0 radical (unpaired) electrons. The van der Waals surface area contributed by atoms with Crippen molar-refractivity contribution < 1.29 is 19.1 Å². The number of aliphatic hydroxyl groups is 1. The summed E-state index contributed by atoms with van der Waals surface area (Å²) < 4.78 is 10.1. The Balaban J connectivity index is 1.99. The van der Waals surface area contributed by atoms with E-state index in [9.17, 15) is 9.90 Å². The number of nitrogens with one attached hydrogen (secondary N) is 1. The monoisotopic (exact) mass is 267 g/mol. The summed E-state index contributed by atoms with van der Waals surface area (Å²) in [6, 6.07) is 3.60. The first-order valence-corrected chi connectivity index (χ1v) is 6.48. The number of carbonyl (C=O) groups excluding carboxylic acids is 1. The van der Waals surface area contributed by atoms with Crippen molar-refractivity contribution in [2.45, 2.75) is 45.4 Å². The number of ether oxygens (including phenoxy) is 1. The number of rotatable bonds is 4. The SMILES string of the molecule is COC(=O)c1ccc(C(C)NC2CC(O)C2(C)C)o1. The summed E-state index contributed by atoms with van der Waals surface area (Å²) >= 11 is 0. The van der Waals surface area contributed by atoms with Crippen LogP contribution >= 0.6 is 0 Å². The molecule has 0 amide bonds. The Kier molecular flexibility index (Phi) is 3.69. The van der Waals surface area contributed by atoms with Crippen molar-refractivity contribution in [3.05, 3.63) is 23.7 Å². The molecule has 0 bridgehead atoms. The van der Waals surface area contributed by atoms with Gasteiger partial charge in [0, 0.05) is 11.5 Å². The summed E-state index contributed by atoms with van der Waals surface area (Å²) in [5.74, 6) is 0.425. The average Bonchev–Trinajstić information content (AvgIpc) is 2.87. The molecule has 3 atom stereocenters. The van der Waals surface area contributed by atoms with E-state index in [1.165, 1.54) is 7.11 Å². The second-order valence-electron chi connectivity index (χ2n) is 5.71. The summed E-state index contributed by atoms with van der Waals surface area (Å²) in [6.45, 7) is 6.04. The van der Waals surface area contributed by atoms with Crippen LogP contribution in [0.25, 0.3) is 0 Å². The molecule has 1 aliphatic rings. The molecule has 0 saturated heterocycles. The summed E-state index contributed by atoms with van der Waals surface area (Å²) in [5, 5.41) is 13.1. The Bertz CT molecular complexity index is 466. The van der Waals surface area contributed by atoms with Gasteiger partial charge in [-0.1, -0.05) is 13.8 Å². The van der Waals surface area contributed by atoms with E-state index >= 15 is 0 Å². The third-order valence-electron chi connectivity index (χ3n) is 4.11. The maximum Gasteiger partial charge on any atom is 0.373 e. The first kappa shape index (κ1) is 14.1. The zero-order valence-corrected chi connectivity index (χ0v) is 11.8. The van der Waals surface area contributed by atoms with E-state index in [1.54, 1.807) is 12.1 Å². The van der Waals surface area contributed by atoms with E-state index in [2.05, 4.69) is 10.1 Å². The maximum atomic E-state index is 11.3. The molecule has 1 aromatic rings. The van der Waals surface area contributed by atoms with Crippen LogP contribution in [0.5, 0.6) is 0 Å². The van der Waals surface area contributed by atoms with Crippen molar-refractivity contribution in [1.82, 2.24) is 5.32 Å². The highest BCUT2D eigenvalue weighted by Gasteiger charge is 2.47. The quantitative estimate of drug-likeness (QED) is 0.815. The van der Waals surface area contributed by atoms with Gasteiger partial charge in [-0.3, -0.25) is 0 Å². The normalized spacial score (nSPS) is 26.6. The molecule has 1 saturated carbocycles. The number of carbonyl (C=O) groups is 1. The van der Waals surface area contributed by atoms with Crippen LogP contribution in [0.15, 0.2) is 16.5 Å². The lowest BCUT2D eigenvalue weighted by molar-refractivity contribution is -0.0760. The third-order valence-corrected chi connectivity index (χ3v) is 4.11. The van der Waals surface area contributed by atoms with Gasteiger partial charge in [0.05, 0.1) is 19.3 Å². The van der Waals surface area contributed by atoms with Crippen molar-refractivity contribution in [3.63, 3.8) is 0 Å². The fraction of sp³-hybridized carbons (Fsp3) is 0.643. The van der Waals surface area contributed by atoms with Crippen molar-refractivity contribution in [2.24, 2.45) is 5.41 Å². The molecule has 0 aliphatic heterocycles. The van der Waals surface area contributed by atoms with Gasteiger partial charge >= 0.3 is 5.97 Å². The molecule has 19 heavy (non-hydrogen) atoms. The highest BCUT2D eigenvalue weighted by Crippen LogP contribution is 2.41. The first-order valence-electron chi connectivity index (χ1n) is 6.48. The predicted octanol–water partition coefficient (Wildman–Crippen LogP) is 1.88. The largest absolute Gasteiger partial charge is 0.463 e. The van der Waals surface area contributed by atoms with Gasteiger partial charge in [0.1, 0.15) is 5.76 Å². The molecule has 1 aromatic heterocycles. The molecule has 5 nitrogen and oxygen atoms in total. The fourth-order valence-electron chi connectivity index (χ4n) is 2.37. The minimum Gasteiger partial charge on any atom is -0.463 e. The zero-order chi connectivity index (χ0) is 14.2. The number of hydrogen-bond donors (Lipinski definition) is 2. The van der Waals surface area contributed by atoms with Crippen molar-refractivity contribution in [1.29, 1.82) is 0 Å². The molecular weight excluding hydrogens is 246 g/mol. The number of hydrogen-bond acceptors (Lipinski definition) is 5. The fourth-order valence-corrected chi connectivity index (χ4v) is 2.37. The number of esters is 1. The van der Waals surface area contributed by atoms with E-state index in [-0.39, 0.29) is 29.4 Å². The zero-order valence-electron chi connectivity index (χ0n) is 11.8. The van der Waals surface area contributed by atoms with Gasteiger partial charge in [-0.05, 0) is 25.5 Å².